The van der Waals surface area contributed by atoms with Crippen molar-refractivity contribution < 1.29 is 14.3 Å². The molecule has 4 unspecified atom stereocenters. The van der Waals surface area contributed by atoms with E-state index in [1.54, 1.807) is 0 Å². The molecule has 0 aromatic rings. The maximum atomic E-state index is 12.5. The van der Waals surface area contributed by atoms with Crippen molar-refractivity contribution in [3.05, 3.63) is 0 Å². The van der Waals surface area contributed by atoms with Crippen LogP contribution in [-0.4, -0.2) is 48.6 Å². The van der Waals surface area contributed by atoms with Gasteiger partial charge in [0.05, 0.1) is 6.10 Å². The van der Waals surface area contributed by atoms with E-state index in [-0.39, 0.29) is 29.4 Å². The van der Waals surface area contributed by atoms with Gasteiger partial charge in [-0.15, -0.1) is 0 Å². The van der Waals surface area contributed by atoms with Crippen LogP contribution in [0.25, 0.3) is 0 Å². The molecular weight excluding hydrogens is 244 g/mol. The summed E-state index contributed by atoms with van der Waals surface area (Å²) in [5.41, 5.74) is -0.0137. The third-order valence-electron chi connectivity index (χ3n) is 4.79. The van der Waals surface area contributed by atoms with Crippen molar-refractivity contribution in [2.75, 3.05) is 19.6 Å². The van der Waals surface area contributed by atoms with Crippen molar-refractivity contribution in [1.82, 2.24) is 10.2 Å². The smallest absolute Gasteiger partial charge is 0.252 e. The molecule has 0 radical (unpaired) electrons. The maximum absolute atomic E-state index is 12.5. The van der Waals surface area contributed by atoms with Crippen molar-refractivity contribution in [3.63, 3.8) is 0 Å². The molecule has 3 saturated heterocycles. The first-order valence-corrected chi connectivity index (χ1v) is 7.20. The highest BCUT2D eigenvalue weighted by Gasteiger charge is 2.47. The van der Waals surface area contributed by atoms with Crippen molar-refractivity contribution in [2.24, 2.45) is 11.3 Å². The Kier molecular flexibility index (Phi) is 3.04. The second-order valence-electron chi connectivity index (χ2n) is 6.54. The monoisotopic (exact) mass is 266 g/mol. The van der Waals surface area contributed by atoms with Gasteiger partial charge in [-0.25, -0.2) is 0 Å². The summed E-state index contributed by atoms with van der Waals surface area (Å²) in [4.78, 5) is 25.8. The Morgan fingerprint density at radius 2 is 2.26 bits per heavy atom. The molecule has 0 aliphatic carbocycles. The first-order valence-electron chi connectivity index (χ1n) is 7.20. The van der Waals surface area contributed by atoms with Crippen molar-refractivity contribution >= 4 is 11.8 Å². The second kappa shape index (κ2) is 4.47. The van der Waals surface area contributed by atoms with E-state index in [0.29, 0.717) is 25.4 Å². The fourth-order valence-electron chi connectivity index (χ4n) is 3.73. The molecule has 0 saturated carbocycles. The van der Waals surface area contributed by atoms with Crippen LogP contribution in [0.2, 0.25) is 0 Å². The highest BCUT2D eigenvalue weighted by atomic mass is 16.5. The van der Waals surface area contributed by atoms with Gasteiger partial charge in [-0.2, -0.15) is 0 Å². The fraction of sp³-hybridized carbons (Fsp3) is 0.857. The molecule has 3 heterocycles. The summed E-state index contributed by atoms with van der Waals surface area (Å²) in [6, 6.07) is 0. The number of hydrogen-bond acceptors (Lipinski definition) is 3. The number of ether oxygens (including phenoxy) is 1. The van der Waals surface area contributed by atoms with Crippen LogP contribution in [0.3, 0.4) is 0 Å². The molecule has 19 heavy (non-hydrogen) atoms. The van der Waals surface area contributed by atoms with Crippen LogP contribution in [0.1, 0.15) is 33.1 Å². The highest BCUT2D eigenvalue weighted by Crippen LogP contribution is 2.38. The van der Waals surface area contributed by atoms with E-state index in [4.69, 9.17) is 4.74 Å². The first-order chi connectivity index (χ1) is 8.99. The van der Waals surface area contributed by atoms with E-state index in [1.165, 1.54) is 0 Å². The summed E-state index contributed by atoms with van der Waals surface area (Å²) >= 11 is 0. The Morgan fingerprint density at radius 1 is 1.47 bits per heavy atom. The van der Waals surface area contributed by atoms with Crippen molar-refractivity contribution in [3.8, 4) is 0 Å². The van der Waals surface area contributed by atoms with E-state index in [1.807, 2.05) is 11.8 Å². The number of rotatable bonds is 1. The first kappa shape index (κ1) is 12.9. The average Bonchev–Trinajstić information content (AvgIpc) is 3.01. The van der Waals surface area contributed by atoms with E-state index in [9.17, 15) is 9.59 Å². The topological polar surface area (TPSA) is 58.6 Å². The molecule has 3 fully saturated rings. The SMILES string of the molecule is CC1CC(C)C(C(=O)N2CCC3(CNC(=O)C3)C2)O1. The predicted octanol–water partition coefficient (Wildman–Crippen LogP) is 0.539. The van der Waals surface area contributed by atoms with Crippen LogP contribution in [0.5, 0.6) is 0 Å². The third-order valence-corrected chi connectivity index (χ3v) is 4.79. The Hall–Kier alpha value is -1.10. The summed E-state index contributed by atoms with van der Waals surface area (Å²) < 4.78 is 5.75. The van der Waals surface area contributed by atoms with Gasteiger partial charge in [-0.3, -0.25) is 9.59 Å². The van der Waals surface area contributed by atoms with Crippen LogP contribution in [0, 0.1) is 11.3 Å². The lowest BCUT2D eigenvalue weighted by Gasteiger charge is -2.25. The maximum Gasteiger partial charge on any atom is 0.252 e. The van der Waals surface area contributed by atoms with Crippen LogP contribution in [0.15, 0.2) is 0 Å². The number of nitrogens with zero attached hydrogens (tertiary/aromatic N) is 1. The summed E-state index contributed by atoms with van der Waals surface area (Å²) in [7, 11) is 0. The van der Waals surface area contributed by atoms with Crippen molar-refractivity contribution in [1.29, 1.82) is 0 Å². The van der Waals surface area contributed by atoms with E-state index in [2.05, 4.69) is 12.2 Å². The molecule has 3 rings (SSSR count). The lowest BCUT2D eigenvalue weighted by molar-refractivity contribution is -0.143. The van der Waals surface area contributed by atoms with Crippen LogP contribution < -0.4 is 5.32 Å². The predicted molar refractivity (Wildman–Crippen MR) is 69.4 cm³/mol. The van der Waals surface area contributed by atoms with Gasteiger partial charge in [0.2, 0.25) is 5.91 Å². The van der Waals surface area contributed by atoms with E-state index < -0.39 is 0 Å². The van der Waals surface area contributed by atoms with E-state index >= 15 is 0 Å². The largest absolute Gasteiger partial charge is 0.365 e. The molecule has 1 spiro atoms. The van der Waals surface area contributed by atoms with Gasteiger partial charge < -0.3 is 15.0 Å². The molecule has 1 N–H and O–H groups in total. The molecule has 5 nitrogen and oxygen atoms in total. The zero-order chi connectivity index (χ0) is 13.6. The molecule has 2 amide bonds. The van der Waals surface area contributed by atoms with Gasteiger partial charge in [0, 0.05) is 31.5 Å². The number of nitrogens with one attached hydrogen (secondary N) is 1. The van der Waals surface area contributed by atoms with Gasteiger partial charge in [0.25, 0.3) is 5.91 Å². The minimum absolute atomic E-state index is 0.0137. The quantitative estimate of drug-likeness (QED) is 0.753. The third kappa shape index (κ3) is 2.24. The summed E-state index contributed by atoms with van der Waals surface area (Å²) in [6.07, 6.45) is 2.34. The minimum Gasteiger partial charge on any atom is -0.365 e. The number of hydrogen-bond donors (Lipinski definition) is 1. The number of likely N-dealkylation sites (tertiary alicyclic amines) is 1. The van der Waals surface area contributed by atoms with Crippen LogP contribution >= 0.6 is 0 Å². The lowest BCUT2D eigenvalue weighted by Crippen LogP contribution is -2.41. The Bertz CT molecular complexity index is 411. The molecule has 4 atom stereocenters. The Morgan fingerprint density at radius 3 is 2.84 bits per heavy atom. The molecule has 3 aliphatic heterocycles. The molecular formula is C14H22N2O3. The van der Waals surface area contributed by atoms with Gasteiger partial charge >= 0.3 is 0 Å². The van der Waals surface area contributed by atoms with Gasteiger partial charge in [-0.1, -0.05) is 6.92 Å². The van der Waals surface area contributed by atoms with E-state index in [0.717, 1.165) is 19.4 Å². The standard InChI is InChI=1S/C14H22N2O3/c1-9-5-10(2)19-12(9)13(18)16-4-3-14(8-16)6-11(17)15-7-14/h9-10,12H,3-8H2,1-2H3,(H,15,17). The molecule has 0 bridgehead atoms. The molecule has 0 aromatic heterocycles. The zero-order valence-corrected chi connectivity index (χ0v) is 11.6. The van der Waals surface area contributed by atoms with Crippen LogP contribution in [-0.2, 0) is 14.3 Å². The fourth-order valence-corrected chi connectivity index (χ4v) is 3.73. The molecule has 3 aliphatic rings. The average molecular weight is 266 g/mol. The molecule has 106 valence electrons. The van der Waals surface area contributed by atoms with Gasteiger partial charge in [-0.05, 0) is 25.7 Å². The Labute approximate surface area is 113 Å². The second-order valence-corrected chi connectivity index (χ2v) is 6.54. The minimum atomic E-state index is -0.282. The van der Waals surface area contributed by atoms with Gasteiger partial charge in [0.15, 0.2) is 0 Å². The Balaban J connectivity index is 1.65. The lowest BCUT2D eigenvalue weighted by atomic mass is 9.86. The molecule has 5 heteroatoms. The number of carbonyl (C=O) groups excluding carboxylic acids is 2. The number of amides is 2. The van der Waals surface area contributed by atoms with Crippen molar-refractivity contribution in [2.45, 2.75) is 45.3 Å². The summed E-state index contributed by atoms with van der Waals surface area (Å²) in [5.74, 6) is 0.531. The highest BCUT2D eigenvalue weighted by molar-refractivity contribution is 5.83. The van der Waals surface area contributed by atoms with Gasteiger partial charge in [0.1, 0.15) is 6.10 Å². The zero-order valence-electron chi connectivity index (χ0n) is 11.6. The molecule has 0 aromatic carbocycles. The summed E-state index contributed by atoms with van der Waals surface area (Å²) in [5, 5.41) is 2.89. The number of carbonyl (C=O) groups is 2. The van der Waals surface area contributed by atoms with Crippen LogP contribution in [0.4, 0.5) is 0 Å². The normalized spacial score (nSPS) is 42.1. The summed E-state index contributed by atoms with van der Waals surface area (Å²) in [6.45, 7) is 6.28.